The molecule has 0 unspecified atom stereocenters. The van der Waals surface area contributed by atoms with Crippen LogP contribution in [0.2, 0.25) is 0 Å². The number of nitrogens with zero attached hydrogens (tertiary/aromatic N) is 2. The van der Waals surface area contributed by atoms with Gasteiger partial charge in [0.25, 0.3) is 5.91 Å². The van der Waals surface area contributed by atoms with E-state index in [1.165, 1.54) is 0 Å². The fraction of sp³-hybridized carbons (Fsp3) is 0.556. The van der Waals surface area contributed by atoms with Gasteiger partial charge in [0.1, 0.15) is 0 Å². The Kier molecular flexibility index (Phi) is 7.69. The molecule has 188 valence electrons. The molecule has 4 rings (SSSR count). The molecule has 0 aliphatic carbocycles. The molecular formula is C27H35N3O5. The van der Waals surface area contributed by atoms with Crippen molar-refractivity contribution in [3.8, 4) is 0 Å². The van der Waals surface area contributed by atoms with Gasteiger partial charge in [-0.25, -0.2) is 4.79 Å². The van der Waals surface area contributed by atoms with E-state index >= 15 is 0 Å². The fourth-order valence-corrected chi connectivity index (χ4v) is 4.97. The predicted molar refractivity (Wildman–Crippen MR) is 131 cm³/mol. The Labute approximate surface area is 206 Å². The van der Waals surface area contributed by atoms with E-state index in [-0.39, 0.29) is 29.6 Å². The van der Waals surface area contributed by atoms with Crippen LogP contribution < -0.4 is 5.32 Å². The second-order valence-corrected chi connectivity index (χ2v) is 9.83. The average Bonchev–Trinajstić information content (AvgIpc) is 3.15. The minimum absolute atomic E-state index is 0.00514. The number of aryl methyl sites for hydroxylation is 1. The number of carbonyl (C=O) groups excluding carboxylic acids is 3. The molecule has 1 aromatic heterocycles. The number of aromatic nitrogens is 2. The monoisotopic (exact) mass is 481 g/mol. The SMILES string of the molecule is CCC(=O)c1ccc(C(=O)OC[C@H](C)Cn2nc(CC)c3c2CC2(CCOCC2)CNC3=O)cc1. The van der Waals surface area contributed by atoms with Crippen LogP contribution in [0.15, 0.2) is 24.3 Å². The van der Waals surface area contributed by atoms with E-state index < -0.39 is 5.97 Å². The van der Waals surface area contributed by atoms with Crippen LogP contribution in [0.1, 0.15) is 82.5 Å². The second-order valence-electron chi connectivity index (χ2n) is 9.83. The summed E-state index contributed by atoms with van der Waals surface area (Å²) in [6.07, 6.45) is 3.71. The third-order valence-corrected chi connectivity index (χ3v) is 7.16. The molecular weight excluding hydrogens is 446 g/mol. The van der Waals surface area contributed by atoms with Crippen LogP contribution in [0.3, 0.4) is 0 Å². The van der Waals surface area contributed by atoms with Gasteiger partial charge in [-0.2, -0.15) is 5.10 Å². The number of hydrogen-bond donors (Lipinski definition) is 1. The number of nitrogens with one attached hydrogen (secondary N) is 1. The van der Waals surface area contributed by atoms with Crippen LogP contribution in [0.25, 0.3) is 0 Å². The van der Waals surface area contributed by atoms with E-state index in [2.05, 4.69) is 5.32 Å². The topological polar surface area (TPSA) is 99.5 Å². The summed E-state index contributed by atoms with van der Waals surface area (Å²) in [5.74, 6) is -0.415. The molecule has 2 aliphatic heterocycles. The maximum Gasteiger partial charge on any atom is 0.338 e. The number of ether oxygens (including phenoxy) is 2. The third-order valence-electron chi connectivity index (χ3n) is 7.16. The van der Waals surface area contributed by atoms with E-state index in [1.807, 2.05) is 25.5 Å². The van der Waals surface area contributed by atoms with Crippen LogP contribution in [-0.4, -0.2) is 53.8 Å². The van der Waals surface area contributed by atoms with E-state index in [4.69, 9.17) is 14.6 Å². The van der Waals surface area contributed by atoms with Crippen molar-refractivity contribution in [2.75, 3.05) is 26.4 Å². The van der Waals surface area contributed by atoms with Crippen molar-refractivity contribution in [3.63, 3.8) is 0 Å². The van der Waals surface area contributed by atoms with E-state index in [1.54, 1.807) is 24.3 Å². The highest BCUT2D eigenvalue weighted by atomic mass is 16.5. The van der Waals surface area contributed by atoms with Gasteiger partial charge in [-0.1, -0.05) is 32.9 Å². The second kappa shape index (κ2) is 10.7. The first-order valence-electron chi connectivity index (χ1n) is 12.6. The van der Waals surface area contributed by atoms with Gasteiger partial charge in [0.05, 0.1) is 29.1 Å². The highest BCUT2D eigenvalue weighted by molar-refractivity contribution is 5.97. The average molecular weight is 482 g/mol. The summed E-state index contributed by atoms with van der Waals surface area (Å²) in [6.45, 7) is 8.69. The van der Waals surface area contributed by atoms with Gasteiger partial charge in [-0.05, 0) is 43.2 Å². The zero-order chi connectivity index (χ0) is 25.0. The lowest BCUT2D eigenvalue weighted by atomic mass is 9.76. The molecule has 1 N–H and O–H groups in total. The maximum absolute atomic E-state index is 13.0. The Bertz CT molecular complexity index is 1080. The Morgan fingerprint density at radius 3 is 2.51 bits per heavy atom. The van der Waals surface area contributed by atoms with Crippen molar-refractivity contribution in [3.05, 3.63) is 52.3 Å². The number of esters is 1. The van der Waals surface area contributed by atoms with Gasteiger partial charge >= 0.3 is 5.97 Å². The first kappa shape index (κ1) is 25.1. The summed E-state index contributed by atoms with van der Waals surface area (Å²) in [5, 5.41) is 7.93. The number of benzene rings is 1. The number of ketones is 1. The van der Waals surface area contributed by atoms with Gasteiger partial charge in [0, 0.05) is 44.2 Å². The summed E-state index contributed by atoms with van der Waals surface area (Å²) >= 11 is 0. The number of carbonyl (C=O) groups is 3. The number of Topliss-reactive ketones (excluding diaryl/α,β-unsaturated/α-hetero) is 1. The van der Waals surface area contributed by atoms with Crippen molar-refractivity contribution >= 4 is 17.7 Å². The number of fused-ring (bicyclic) bond motifs is 1. The van der Waals surface area contributed by atoms with Crippen molar-refractivity contribution in [2.24, 2.45) is 11.3 Å². The van der Waals surface area contributed by atoms with Crippen LogP contribution in [0, 0.1) is 11.3 Å². The van der Waals surface area contributed by atoms with Crippen molar-refractivity contribution in [1.82, 2.24) is 15.1 Å². The summed E-state index contributed by atoms with van der Waals surface area (Å²) in [6, 6.07) is 6.58. The minimum Gasteiger partial charge on any atom is -0.462 e. The summed E-state index contributed by atoms with van der Waals surface area (Å²) in [4.78, 5) is 37.3. The van der Waals surface area contributed by atoms with Crippen LogP contribution in [0.5, 0.6) is 0 Å². The Morgan fingerprint density at radius 2 is 1.86 bits per heavy atom. The molecule has 0 saturated carbocycles. The normalized spacial score (nSPS) is 17.9. The van der Waals surface area contributed by atoms with E-state index in [0.717, 1.165) is 30.7 Å². The Hall–Kier alpha value is -3.00. The smallest absolute Gasteiger partial charge is 0.338 e. The van der Waals surface area contributed by atoms with Crippen molar-refractivity contribution in [1.29, 1.82) is 0 Å². The lowest BCUT2D eigenvalue weighted by Crippen LogP contribution is -2.41. The third kappa shape index (κ3) is 5.48. The molecule has 3 heterocycles. The molecule has 8 nitrogen and oxygen atoms in total. The molecule has 0 radical (unpaired) electrons. The first-order chi connectivity index (χ1) is 16.9. The minimum atomic E-state index is -0.415. The Balaban J connectivity index is 1.45. The molecule has 1 spiro atoms. The molecule has 1 aromatic carbocycles. The molecule has 1 saturated heterocycles. The van der Waals surface area contributed by atoms with Crippen molar-refractivity contribution in [2.45, 2.75) is 59.4 Å². The van der Waals surface area contributed by atoms with E-state index in [9.17, 15) is 14.4 Å². The summed E-state index contributed by atoms with van der Waals surface area (Å²) in [7, 11) is 0. The zero-order valence-corrected chi connectivity index (χ0v) is 20.9. The quantitative estimate of drug-likeness (QED) is 0.457. The molecule has 2 aliphatic rings. The van der Waals surface area contributed by atoms with Gasteiger partial charge in [-0.15, -0.1) is 0 Å². The van der Waals surface area contributed by atoms with Crippen LogP contribution in [0.4, 0.5) is 0 Å². The number of rotatable bonds is 8. The summed E-state index contributed by atoms with van der Waals surface area (Å²) < 4.78 is 13.1. The molecule has 8 heteroatoms. The molecule has 1 atom stereocenters. The zero-order valence-electron chi connectivity index (χ0n) is 20.9. The van der Waals surface area contributed by atoms with Gasteiger partial charge in [0.15, 0.2) is 5.78 Å². The molecule has 35 heavy (non-hydrogen) atoms. The lowest BCUT2D eigenvalue weighted by molar-refractivity contribution is 0.0151. The maximum atomic E-state index is 13.0. The first-order valence-corrected chi connectivity index (χ1v) is 12.6. The van der Waals surface area contributed by atoms with Gasteiger partial charge in [-0.3, -0.25) is 14.3 Å². The molecule has 1 amide bonds. The summed E-state index contributed by atoms with van der Waals surface area (Å²) in [5.41, 5.74) is 3.50. The predicted octanol–water partition coefficient (Wildman–Crippen LogP) is 3.61. The standard InChI is InChI=1S/C27H35N3O5/c1-4-21-24-22(14-27(17-28-25(24)32)10-12-34-13-11-27)30(29-21)15-18(3)16-35-26(33)20-8-6-19(7-9-20)23(31)5-2/h6-9,18H,4-5,10-17H2,1-3H3,(H,28,32)/t18-/m1/s1. The largest absolute Gasteiger partial charge is 0.462 e. The Morgan fingerprint density at radius 1 is 1.17 bits per heavy atom. The van der Waals surface area contributed by atoms with E-state index in [0.29, 0.717) is 55.8 Å². The number of hydrogen-bond acceptors (Lipinski definition) is 6. The highest BCUT2D eigenvalue weighted by Gasteiger charge is 2.39. The lowest BCUT2D eigenvalue weighted by Gasteiger charge is -2.36. The van der Waals surface area contributed by atoms with Gasteiger partial charge < -0.3 is 14.8 Å². The molecule has 0 bridgehead atoms. The molecule has 2 aromatic rings. The fourth-order valence-electron chi connectivity index (χ4n) is 4.97. The van der Waals surface area contributed by atoms with Crippen LogP contribution in [-0.2, 0) is 28.9 Å². The van der Waals surface area contributed by atoms with Gasteiger partial charge in [0.2, 0.25) is 0 Å². The van der Waals surface area contributed by atoms with Crippen LogP contribution >= 0.6 is 0 Å². The number of amides is 1. The van der Waals surface area contributed by atoms with Crippen molar-refractivity contribution < 1.29 is 23.9 Å². The highest BCUT2D eigenvalue weighted by Crippen LogP contribution is 2.37. The molecule has 1 fully saturated rings.